The van der Waals surface area contributed by atoms with E-state index in [0.717, 1.165) is 19.3 Å². The summed E-state index contributed by atoms with van der Waals surface area (Å²) in [5.41, 5.74) is 0.312. The number of carbonyl (C=O) groups is 1. The van der Waals surface area contributed by atoms with Crippen LogP contribution in [0, 0.1) is 0 Å². The molecule has 1 atom stereocenters. The predicted molar refractivity (Wildman–Crippen MR) is 97.2 cm³/mol. The fraction of sp³-hybridized carbons (Fsp3) is 0.833. The zero-order chi connectivity index (χ0) is 17.6. The Hall–Kier alpha value is -0.600. The van der Waals surface area contributed by atoms with Crippen LogP contribution in [0.15, 0.2) is 12.2 Å². The van der Waals surface area contributed by atoms with Crippen molar-refractivity contribution in [1.82, 2.24) is 0 Å². The van der Waals surface area contributed by atoms with Crippen molar-refractivity contribution in [1.29, 1.82) is 0 Å². The van der Waals surface area contributed by atoms with E-state index in [4.69, 9.17) is 4.74 Å². The molecule has 1 N–H and O–H groups in total. The van der Waals surface area contributed by atoms with Crippen LogP contribution in [0.1, 0.15) is 78.1 Å². The molecule has 0 fully saturated rings. The molecular formula is C18H35O4P. The molecule has 0 amide bonds. The van der Waals surface area contributed by atoms with E-state index in [2.05, 4.69) is 13.5 Å². The fourth-order valence-corrected chi connectivity index (χ4v) is 3.68. The fourth-order valence-electron chi connectivity index (χ4n) is 2.36. The first kappa shape index (κ1) is 22.4. The average molecular weight is 346 g/mol. The van der Waals surface area contributed by atoms with Crippen LogP contribution in [0.2, 0.25) is 0 Å². The van der Waals surface area contributed by atoms with Gasteiger partial charge < -0.3 is 9.63 Å². The molecule has 0 aromatic heterocycles. The molecule has 136 valence electrons. The molecule has 0 rings (SSSR count). The third-order valence-corrected chi connectivity index (χ3v) is 5.78. The van der Waals surface area contributed by atoms with E-state index in [1.165, 1.54) is 44.9 Å². The smallest absolute Gasteiger partial charge is 0.333 e. The lowest BCUT2D eigenvalue weighted by molar-refractivity contribution is -0.138. The highest BCUT2D eigenvalue weighted by Crippen LogP contribution is 2.41. The van der Waals surface area contributed by atoms with Crippen molar-refractivity contribution in [3.63, 3.8) is 0 Å². The molecule has 0 saturated carbocycles. The largest absolute Gasteiger partial charge is 0.462 e. The Morgan fingerprint density at radius 2 is 1.43 bits per heavy atom. The number of carbonyl (C=O) groups excluding carboxylic acids is 1. The number of hydrogen-bond donors (Lipinski definition) is 1. The highest BCUT2D eigenvalue weighted by molar-refractivity contribution is 7.58. The van der Waals surface area contributed by atoms with E-state index < -0.39 is 13.3 Å². The van der Waals surface area contributed by atoms with E-state index in [9.17, 15) is 14.3 Å². The maximum Gasteiger partial charge on any atom is 0.333 e. The molecular weight excluding hydrogens is 311 g/mol. The quantitative estimate of drug-likeness (QED) is 0.189. The molecule has 23 heavy (non-hydrogen) atoms. The number of hydrogen-bond acceptors (Lipinski definition) is 3. The summed E-state index contributed by atoms with van der Waals surface area (Å²) in [7, 11) is -3.16. The number of ether oxygens (including phenoxy) is 1. The van der Waals surface area contributed by atoms with Crippen molar-refractivity contribution in [2.24, 2.45) is 0 Å². The third-order valence-electron chi connectivity index (χ3n) is 3.88. The van der Waals surface area contributed by atoms with Crippen molar-refractivity contribution < 1.29 is 19.0 Å². The number of unbranched alkanes of at least 4 members (excludes halogenated alkanes) is 9. The zero-order valence-electron chi connectivity index (χ0n) is 15.0. The second-order valence-electron chi connectivity index (χ2n) is 6.39. The van der Waals surface area contributed by atoms with Crippen molar-refractivity contribution in [2.45, 2.75) is 78.1 Å². The van der Waals surface area contributed by atoms with Gasteiger partial charge in [0.15, 0.2) is 0 Å². The van der Waals surface area contributed by atoms with Crippen molar-refractivity contribution in [3.05, 3.63) is 12.2 Å². The van der Waals surface area contributed by atoms with Crippen LogP contribution in [0.4, 0.5) is 0 Å². The molecule has 0 aliphatic carbocycles. The van der Waals surface area contributed by atoms with E-state index in [0.29, 0.717) is 11.7 Å². The summed E-state index contributed by atoms with van der Waals surface area (Å²) in [4.78, 5) is 21.0. The monoisotopic (exact) mass is 346 g/mol. The molecule has 5 heteroatoms. The SMILES string of the molecule is C=C(C)C(=O)OCCP(=O)(O)CCCCCCCCCCCC. The summed E-state index contributed by atoms with van der Waals surface area (Å²) in [6, 6.07) is 0. The first-order chi connectivity index (χ1) is 10.9. The Morgan fingerprint density at radius 3 is 1.91 bits per heavy atom. The molecule has 0 aromatic carbocycles. The summed E-state index contributed by atoms with van der Waals surface area (Å²) >= 11 is 0. The maximum atomic E-state index is 11.9. The van der Waals surface area contributed by atoms with Gasteiger partial charge in [0.05, 0.1) is 6.16 Å². The molecule has 0 spiro atoms. The van der Waals surface area contributed by atoms with Gasteiger partial charge in [0, 0.05) is 11.7 Å². The highest BCUT2D eigenvalue weighted by atomic mass is 31.2. The normalized spacial score (nSPS) is 13.5. The van der Waals surface area contributed by atoms with Crippen LogP contribution in [0.5, 0.6) is 0 Å². The Bertz CT molecular complexity index is 379. The Balaban J connectivity index is 3.50. The lowest BCUT2D eigenvalue weighted by Gasteiger charge is -2.11. The van der Waals surface area contributed by atoms with Crippen molar-refractivity contribution in [2.75, 3.05) is 18.9 Å². The van der Waals surface area contributed by atoms with E-state index in [1.54, 1.807) is 6.92 Å². The third kappa shape index (κ3) is 14.7. The second kappa shape index (κ2) is 13.8. The lowest BCUT2D eigenvalue weighted by atomic mass is 10.1. The second-order valence-corrected chi connectivity index (χ2v) is 8.98. The molecule has 0 heterocycles. The number of esters is 1. The minimum absolute atomic E-state index is 0.00275. The van der Waals surface area contributed by atoms with Crippen molar-refractivity contribution in [3.8, 4) is 0 Å². The van der Waals surface area contributed by atoms with Gasteiger partial charge in [0.2, 0.25) is 7.37 Å². The summed E-state index contributed by atoms with van der Waals surface area (Å²) in [6.07, 6.45) is 12.4. The predicted octanol–water partition coefficient (Wildman–Crippen LogP) is 5.30. The standard InChI is InChI=1S/C18H35O4P/c1-4-5-6-7-8-9-10-11-12-13-15-23(20,21)16-14-22-18(19)17(2)3/h2,4-16H2,1,3H3,(H,20,21). The van der Waals surface area contributed by atoms with E-state index in [-0.39, 0.29) is 12.8 Å². The van der Waals surface area contributed by atoms with Gasteiger partial charge in [-0.25, -0.2) is 4.79 Å². The molecule has 4 nitrogen and oxygen atoms in total. The minimum atomic E-state index is -3.16. The summed E-state index contributed by atoms with van der Waals surface area (Å²) in [5, 5.41) is 0. The molecule has 0 radical (unpaired) electrons. The summed E-state index contributed by atoms with van der Waals surface area (Å²) in [6.45, 7) is 7.25. The van der Waals surface area contributed by atoms with Crippen LogP contribution in [0.3, 0.4) is 0 Å². The summed E-state index contributed by atoms with van der Waals surface area (Å²) in [5.74, 6) is -0.496. The van der Waals surface area contributed by atoms with Crippen molar-refractivity contribution >= 4 is 13.3 Å². The zero-order valence-corrected chi connectivity index (χ0v) is 15.9. The van der Waals surface area contributed by atoms with Gasteiger partial charge in [-0.2, -0.15) is 0 Å². The van der Waals surface area contributed by atoms with Crippen LogP contribution >= 0.6 is 7.37 Å². The van der Waals surface area contributed by atoms with Gasteiger partial charge in [-0.05, 0) is 13.3 Å². The summed E-state index contributed by atoms with van der Waals surface area (Å²) < 4.78 is 16.8. The van der Waals surface area contributed by atoms with Crippen LogP contribution in [-0.4, -0.2) is 29.8 Å². The van der Waals surface area contributed by atoms with Crippen LogP contribution in [0.25, 0.3) is 0 Å². The minimum Gasteiger partial charge on any atom is -0.462 e. The number of rotatable bonds is 15. The first-order valence-electron chi connectivity index (χ1n) is 9.02. The highest BCUT2D eigenvalue weighted by Gasteiger charge is 2.18. The molecule has 0 aliphatic rings. The van der Waals surface area contributed by atoms with Crippen LogP contribution in [-0.2, 0) is 14.1 Å². The van der Waals surface area contributed by atoms with E-state index in [1.807, 2.05) is 0 Å². The molecule has 1 unspecified atom stereocenters. The van der Waals surface area contributed by atoms with Gasteiger partial charge in [-0.1, -0.05) is 71.3 Å². The Labute approximate surface area is 142 Å². The topological polar surface area (TPSA) is 63.6 Å². The maximum absolute atomic E-state index is 11.9. The Morgan fingerprint density at radius 1 is 0.957 bits per heavy atom. The first-order valence-corrected chi connectivity index (χ1v) is 11.1. The molecule has 0 aromatic rings. The van der Waals surface area contributed by atoms with Gasteiger partial charge >= 0.3 is 5.97 Å². The molecule has 0 bridgehead atoms. The van der Waals surface area contributed by atoms with Crippen LogP contribution < -0.4 is 0 Å². The van der Waals surface area contributed by atoms with Gasteiger partial charge in [-0.15, -0.1) is 0 Å². The van der Waals surface area contributed by atoms with Gasteiger partial charge in [-0.3, -0.25) is 4.57 Å². The lowest BCUT2D eigenvalue weighted by Crippen LogP contribution is -2.10. The van der Waals surface area contributed by atoms with Gasteiger partial charge in [0.1, 0.15) is 6.61 Å². The Kier molecular flexibility index (Phi) is 13.4. The van der Waals surface area contributed by atoms with E-state index >= 15 is 0 Å². The molecule has 0 saturated heterocycles. The van der Waals surface area contributed by atoms with Gasteiger partial charge in [0.25, 0.3) is 0 Å². The average Bonchev–Trinajstić information content (AvgIpc) is 2.48. The molecule has 0 aliphatic heterocycles.